The van der Waals surface area contributed by atoms with Gasteiger partial charge in [-0.05, 0) is 25.5 Å². The van der Waals surface area contributed by atoms with Gasteiger partial charge in [0.05, 0.1) is 5.52 Å². The third-order valence-electron chi connectivity index (χ3n) is 2.14. The van der Waals surface area contributed by atoms with E-state index >= 15 is 0 Å². The Bertz CT molecular complexity index is 495. The van der Waals surface area contributed by atoms with E-state index in [1.54, 1.807) is 0 Å². The number of aryl methyl sites for hydroxylation is 1. The molecule has 1 aromatic carbocycles. The SMILES string of the molecule is CC#Cn1cc(C)c2ccccc21. The fourth-order valence-corrected chi connectivity index (χ4v) is 1.56. The van der Waals surface area contributed by atoms with E-state index in [1.165, 1.54) is 16.5 Å². The Labute approximate surface area is 78.0 Å². The maximum absolute atomic E-state index is 3.04. The second kappa shape index (κ2) is 2.99. The van der Waals surface area contributed by atoms with Gasteiger partial charge in [-0.25, -0.2) is 0 Å². The minimum atomic E-state index is 1.19. The standard InChI is InChI=1S/C12H11N/c1-3-8-13-9-10(2)11-6-4-5-7-12(11)13/h4-7,9H,1-2H3. The number of fused-ring (bicyclic) bond motifs is 1. The summed E-state index contributed by atoms with van der Waals surface area (Å²) in [6.07, 6.45) is 2.07. The van der Waals surface area contributed by atoms with Gasteiger partial charge in [0.1, 0.15) is 0 Å². The van der Waals surface area contributed by atoms with Crippen molar-refractivity contribution >= 4 is 10.9 Å². The van der Waals surface area contributed by atoms with E-state index in [0.717, 1.165) is 0 Å². The molecule has 0 spiro atoms. The first-order valence-corrected chi connectivity index (χ1v) is 4.32. The molecule has 0 radical (unpaired) electrons. The van der Waals surface area contributed by atoms with Gasteiger partial charge in [-0.1, -0.05) is 24.1 Å². The number of nitrogens with zero attached hydrogens (tertiary/aromatic N) is 1. The quantitative estimate of drug-likeness (QED) is 0.534. The van der Waals surface area contributed by atoms with Gasteiger partial charge in [0.25, 0.3) is 0 Å². The van der Waals surface area contributed by atoms with Crippen molar-refractivity contribution in [2.24, 2.45) is 0 Å². The lowest BCUT2D eigenvalue weighted by Crippen LogP contribution is -1.83. The molecule has 2 rings (SSSR count). The molecule has 1 aromatic heterocycles. The number of hydrogen-bond acceptors (Lipinski definition) is 0. The van der Waals surface area contributed by atoms with Crippen LogP contribution in [0.15, 0.2) is 30.5 Å². The fraction of sp³-hybridized carbons (Fsp3) is 0.167. The predicted molar refractivity (Wildman–Crippen MR) is 55.5 cm³/mol. The van der Waals surface area contributed by atoms with E-state index in [2.05, 4.69) is 43.3 Å². The number of benzene rings is 1. The first-order chi connectivity index (χ1) is 6.33. The molecule has 64 valence electrons. The molecule has 0 unspecified atom stereocenters. The highest BCUT2D eigenvalue weighted by molar-refractivity contribution is 5.84. The fourth-order valence-electron chi connectivity index (χ4n) is 1.56. The van der Waals surface area contributed by atoms with Crippen molar-refractivity contribution < 1.29 is 0 Å². The van der Waals surface area contributed by atoms with Crippen molar-refractivity contribution in [2.75, 3.05) is 0 Å². The highest BCUT2D eigenvalue weighted by atomic mass is 14.9. The second-order valence-electron chi connectivity index (χ2n) is 3.06. The molecule has 0 aliphatic heterocycles. The van der Waals surface area contributed by atoms with Crippen molar-refractivity contribution in [3.05, 3.63) is 36.0 Å². The summed E-state index contributed by atoms with van der Waals surface area (Å²) in [5, 5.41) is 1.28. The van der Waals surface area contributed by atoms with Crippen LogP contribution in [0.2, 0.25) is 0 Å². The molecule has 0 atom stereocenters. The minimum Gasteiger partial charge on any atom is -0.276 e. The molecular formula is C12H11N. The summed E-state index contributed by atoms with van der Waals surface area (Å²) in [4.78, 5) is 0. The smallest absolute Gasteiger partial charge is 0.0614 e. The summed E-state index contributed by atoms with van der Waals surface area (Å²) in [6.45, 7) is 3.96. The topological polar surface area (TPSA) is 4.93 Å². The summed E-state index contributed by atoms with van der Waals surface area (Å²) in [7, 11) is 0. The van der Waals surface area contributed by atoms with Gasteiger partial charge in [-0.3, -0.25) is 4.57 Å². The van der Waals surface area contributed by atoms with Gasteiger partial charge >= 0.3 is 0 Å². The highest BCUT2D eigenvalue weighted by Gasteiger charge is 2.01. The largest absolute Gasteiger partial charge is 0.276 e. The van der Waals surface area contributed by atoms with E-state index in [0.29, 0.717) is 0 Å². The van der Waals surface area contributed by atoms with E-state index in [-0.39, 0.29) is 0 Å². The number of hydrogen-bond donors (Lipinski definition) is 0. The van der Waals surface area contributed by atoms with Crippen LogP contribution >= 0.6 is 0 Å². The Kier molecular flexibility index (Phi) is 1.83. The molecule has 0 bridgehead atoms. The van der Waals surface area contributed by atoms with Gasteiger partial charge in [-0.2, -0.15) is 0 Å². The van der Waals surface area contributed by atoms with Crippen LogP contribution in [-0.4, -0.2) is 4.57 Å². The number of aromatic nitrogens is 1. The highest BCUT2D eigenvalue weighted by Crippen LogP contribution is 2.19. The third kappa shape index (κ3) is 1.21. The molecule has 13 heavy (non-hydrogen) atoms. The molecule has 0 N–H and O–H groups in total. The zero-order chi connectivity index (χ0) is 9.26. The Morgan fingerprint density at radius 3 is 2.77 bits per heavy atom. The van der Waals surface area contributed by atoms with Gasteiger partial charge in [0.15, 0.2) is 0 Å². The minimum absolute atomic E-state index is 1.19. The maximum atomic E-state index is 3.04. The Morgan fingerprint density at radius 1 is 1.23 bits per heavy atom. The van der Waals surface area contributed by atoms with Crippen LogP contribution < -0.4 is 0 Å². The summed E-state index contributed by atoms with van der Waals surface area (Å²) in [5.74, 6) is 2.90. The maximum Gasteiger partial charge on any atom is 0.0614 e. The summed E-state index contributed by atoms with van der Waals surface area (Å²) < 4.78 is 1.98. The molecule has 0 amide bonds. The van der Waals surface area contributed by atoms with Gasteiger partial charge in [-0.15, -0.1) is 0 Å². The first kappa shape index (κ1) is 7.94. The van der Waals surface area contributed by atoms with Crippen molar-refractivity contribution in [1.29, 1.82) is 0 Å². The average Bonchev–Trinajstić information content (AvgIpc) is 2.46. The number of para-hydroxylation sites is 1. The third-order valence-corrected chi connectivity index (χ3v) is 2.14. The van der Waals surface area contributed by atoms with Gasteiger partial charge in [0, 0.05) is 17.6 Å². The molecule has 0 saturated heterocycles. The Balaban J connectivity index is 2.83. The zero-order valence-corrected chi connectivity index (χ0v) is 7.83. The molecule has 0 aliphatic rings. The number of rotatable bonds is 0. The van der Waals surface area contributed by atoms with Crippen LogP contribution in [0.5, 0.6) is 0 Å². The lowest BCUT2D eigenvalue weighted by molar-refractivity contribution is 1.18. The monoisotopic (exact) mass is 169 g/mol. The van der Waals surface area contributed by atoms with E-state index < -0.39 is 0 Å². The van der Waals surface area contributed by atoms with Crippen molar-refractivity contribution in [3.8, 4) is 12.0 Å². The van der Waals surface area contributed by atoms with E-state index in [4.69, 9.17) is 0 Å². The lowest BCUT2D eigenvalue weighted by atomic mass is 10.2. The molecule has 0 fully saturated rings. The zero-order valence-electron chi connectivity index (χ0n) is 7.83. The summed E-state index contributed by atoms with van der Waals surface area (Å²) >= 11 is 0. The first-order valence-electron chi connectivity index (χ1n) is 4.32. The Hall–Kier alpha value is -1.68. The van der Waals surface area contributed by atoms with Crippen LogP contribution in [0, 0.1) is 18.9 Å². The summed E-state index contributed by atoms with van der Waals surface area (Å²) in [6, 6.07) is 11.3. The molecular weight excluding hydrogens is 158 g/mol. The van der Waals surface area contributed by atoms with Crippen LogP contribution in [0.25, 0.3) is 10.9 Å². The second-order valence-corrected chi connectivity index (χ2v) is 3.06. The van der Waals surface area contributed by atoms with Crippen LogP contribution in [0.3, 0.4) is 0 Å². The Morgan fingerprint density at radius 2 is 2.00 bits per heavy atom. The normalized spacial score (nSPS) is 9.69. The molecule has 1 heteroatoms. The van der Waals surface area contributed by atoms with Crippen molar-refractivity contribution in [1.82, 2.24) is 4.57 Å². The molecule has 0 aliphatic carbocycles. The summed E-state index contributed by atoms with van der Waals surface area (Å²) in [5.41, 5.74) is 2.47. The average molecular weight is 169 g/mol. The lowest BCUT2D eigenvalue weighted by Gasteiger charge is -1.92. The van der Waals surface area contributed by atoms with Crippen LogP contribution in [0.4, 0.5) is 0 Å². The molecule has 1 nitrogen and oxygen atoms in total. The molecule has 0 saturated carbocycles. The molecule has 1 heterocycles. The van der Waals surface area contributed by atoms with Crippen LogP contribution in [-0.2, 0) is 0 Å². The molecule has 2 aromatic rings. The van der Waals surface area contributed by atoms with Crippen molar-refractivity contribution in [2.45, 2.75) is 13.8 Å². The van der Waals surface area contributed by atoms with E-state index in [1.807, 2.05) is 17.6 Å². The van der Waals surface area contributed by atoms with Crippen LogP contribution in [0.1, 0.15) is 12.5 Å². The van der Waals surface area contributed by atoms with Gasteiger partial charge in [0.2, 0.25) is 0 Å². The van der Waals surface area contributed by atoms with E-state index in [9.17, 15) is 0 Å². The van der Waals surface area contributed by atoms with Crippen molar-refractivity contribution in [3.63, 3.8) is 0 Å². The van der Waals surface area contributed by atoms with Gasteiger partial charge < -0.3 is 0 Å². The predicted octanol–water partition coefficient (Wildman–Crippen LogP) is 2.78.